The lowest BCUT2D eigenvalue weighted by Gasteiger charge is -2.13. The summed E-state index contributed by atoms with van der Waals surface area (Å²) in [6.45, 7) is 1.99. The molecular weight excluding hydrogens is 204 g/mol. The molecule has 0 heterocycles. The Morgan fingerprint density at radius 2 is 2.25 bits per heavy atom. The summed E-state index contributed by atoms with van der Waals surface area (Å²) in [7, 11) is 3.19. The van der Waals surface area contributed by atoms with Crippen LogP contribution in [0, 0.1) is 6.92 Å². The minimum absolute atomic E-state index is 0.163. The molecule has 3 N–H and O–H groups in total. The number of likely N-dealkylation sites (N-methyl/N-ethyl adjacent to an activating group) is 1. The normalized spacial score (nSPS) is 12.0. The number of methoxy groups -OCH3 is 1. The van der Waals surface area contributed by atoms with E-state index in [2.05, 4.69) is 5.32 Å². The van der Waals surface area contributed by atoms with Crippen molar-refractivity contribution < 1.29 is 9.53 Å². The maximum absolute atomic E-state index is 11.3. The van der Waals surface area contributed by atoms with Crippen LogP contribution in [-0.2, 0) is 11.2 Å². The predicted molar refractivity (Wildman–Crippen MR) is 63.5 cm³/mol. The molecule has 0 fully saturated rings. The average molecular weight is 222 g/mol. The number of rotatable bonds is 4. The van der Waals surface area contributed by atoms with Gasteiger partial charge in [-0.25, -0.2) is 0 Å². The first-order chi connectivity index (χ1) is 7.58. The van der Waals surface area contributed by atoms with Gasteiger partial charge in [-0.1, -0.05) is 17.7 Å². The molecule has 0 saturated heterocycles. The van der Waals surface area contributed by atoms with Crippen molar-refractivity contribution in [3.8, 4) is 5.75 Å². The molecule has 1 unspecified atom stereocenters. The minimum Gasteiger partial charge on any atom is -0.496 e. The van der Waals surface area contributed by atoms with Gasteiger partial charge in [-0.05, 0) is 18.6 Å². The molecule has 1 amide bonds. The molecule has 0 aliphatic carbocycles. The predicted octanol–water partition coefficient (Wildman–Crippen LogP) is 0.619. The number of nitrogens with two attached hydrogens (primary N) is 1. The number of hydrogen-bond donors (Lipinski definition) is 2. The summed E-state index contributed by atoms with van der Waals surface area (Å²) in [5.74, 6) is 0.605. The van der Waals surface area contributed by atoms with Gasteiger partial charge in [0, 0.05) is 13.5 Å². The van der Waals surface area contributed by atoms with E-state index in [0.717, 1.165) is 16.9 Å². The second-order valence-corrected chi connectivity index (χ2v) is 3.74. The lowest BCUT2D eigenvalue weighted by atomic mass is 10.0. The van der Waals surface area contributed by atoms with E-state index in [1.165, 1.54) is 0 Å². The van der Waals surface area contributed by atoms with Crippen molar-refractivity contribution in [1.29, 1.82) is 0 Å². The highest BCUT2D eigenvalue weighted by Crippen LogP contribution is 2.20. The van der Waals surface area contributed by atoms with Crippen LogP contribution in [0.15, 0.2) is 18.2 Å². The molecular formula is C12H18N2O2. The van der Waals surface area contributed by atoms with E-state index >= 15 is 0 Å². The van der Waals surface area contributed by atoms with Crippen molar-refractivity contribution >= 4 is 5.91 Å². The van der Waals surface area contributed by atoms with E-state index in [4.69, 9.17) is 10.5 Å². The molecule has 0 spiro atoms. The molecule has 1 aromatic carbocycles. The summed E-state index contributed by atoms with van der Waals surface area (Å²) in [5.41, 5.74) is 7.85. The van der Waals surface area contributed by atoms with Crippen molar-refractivity contribution in [3.05, 3.63) is 29.3 Å². The third kappa shape index (κ3) is 2.97. The van der Waals surface area contributed by atoms with Crippen molar-refractivity contribution in [1.82, 2.24) is 5.32 Å². The molecule has 16 heavy (non-hydrogen) atoms. The Hall–Kier alpha value is -1.55. The van der Waals surface area contributed by atoms with Gasteiger partial charge in [0.15, 0.2) is 0 Å². The SMILES string of the molecule is CNC(=O)C(N)Cc1cc(C)ccc1OC. The summed E-state index contributed by atoms with van der Waals surface area (Å²) >= 11 is 0. The lowest BCUT2D eigenvalue weighted by molar-refractivity contribution is -0.121. The molecule has 0 aromatic heterocycles. The van der Waals surface area contributed by atoms with Gasteiger partial charge in [-0.15, -0.1) is 0 Å². The number of hydrogen-bond acceptors (Lipinski definition) is 3. The van der Waals surface area contributed by atoms with Crippen LogP contribution in [0.3, 0.4) is 0 Å². The van der Waals surface area contributed by atoms with E-state index in [1.54, 1.807) is 14.2 Å². The van der Waals surface area contributed by atoms with Gasteiger partial charge >= 0.3 is 0 Å². The van der Waals surface area contributed by atoms with Crippen LogP contribution < -0.4 is 15.8 Å². The molecule has 1 rings (SSSR count). The van der Waals surface area contributed by atoms with Crippen molar-refractivity contribution in [2.45, 2.75) is 19.4 Å². The molecule has 0 radical (unpaired) electrons. The van der Waals surface area contributed by atoms with E-state index in [1.807, 2.05) is 25.1 Å². The van der Waals surface area contributed by atoms with Crippen molar-refractivity contribution in [3.63, 3.8) is 0 Å². The molecule has 0 saturated carbocycles. The standard InChI is InChI=1S/C12H18N2O2/c1-8-4-5-11(16-3)9(6-8)7-10(13)12(15)14-2/h4-6,10H,7,13H2,1-3H3,(H,14,15). The Balaban J connectivity index is 2.86. The molecule has 0 aliphatic rings. The summed E-state index contributed by atoms with van der Waals surface area (Å²) in [5, 5.41) is 2.53. The Morgan fingerprint density at radius 1 is 1.56 bits per heavy atom. The summed E-state index contributed by atoms with van der Waals surface area (Å²) in [6.07, 6.45) is 0.477. The molecule has 4 nitrogen and oxygen atoms in total. The maximum atomic E-state index is 11.3. The number of carbonyl (C=O) groups is 1. The highest BCUT2D eigenvalue weighted by molar-refractivity contribution is 5.81. The van der Waals surface area contributed by atoms with Gasteiger partial charge in [0.25, 0.3) is 0 Å². The lowest BCUT2D eigenvalue weighted by Crippen LogP contribution is -2.40. The number of ether oxygens (including phenoxy) is 1. The molecule has 1 atom stereocenters. The quantitative estimate of drug-likeness (QED) is 0.785. The van der Waals surface area contributed by atoms with Crippen LogP contribution in [0.25, 0.3) is 0 Å². The van der Waals surface area contributed by atoms with Crippen LogP contribution >= 0.6 is 0 Å². The zero-order valence-electron chi connectivity index (χ0n) is 9.91. The van der Waals surface area contributed by atoms with Crippen molar-refractivity contribution in [2.24, 2.45) is 5.73 Å². The van der Waals surface area contributed by atoms with Gasteiger partial charge in [0.05, 0.1) is 13.2 Å². The summed E-state index contributed by atoms with van der Waals surface area (Å²) in [4.78, 5) is 11.3. The fraction of sp³-hybridized carbons (Fsp3) is 0.417. The largest absolute Gasteiger partial charge is 0.496 e. The molecule has 1 aromatic rings. The number of amides is 1. The van der Waals surface area contributed by atoms with Gasteiger partial charge in [0.2, 0.25) is 5.91 Å². The van der Waals surface area contributed by atoms with Gasteiger partial charge in [-0.2, -0.15) is 0 Å². The summed E-state index contributed by atoms with van der Waals surface area (Å²) in [6, 6.07) is 5.30. The summed E-state index contributed by atoms with van der Waals surface area (Å²) < 4.78 is 5.23. The van der Waals surface area contributed by atoms with E-state index in [0.29, 0.717) is 6.42 Å². The fourth-order valence-corrected chi connectivity index (χ4v) is 1.58. The second kappa shape index (κ2) is 5.51. The molecule has 0 aliphatic heterocycles. The van der Waals surface area contributed by atoms with E-state index < -0.39 is 6.04 Å². The number of aryl methyl sites for hydroxylation is 1. The van der Waals surface area contributed by atoms with Gasteiger partial charge < -0.3 is 15.8 Å². The molecule has 0 bridgehead atoms. The Bertz CT molecular complexity index is 377. The molecule has 4 heteroatoms. The van der Waals surface area contributed by atoms with Crippen LogP contribution in [0.4, 0.5) is 0 Å². The van der Waals surface area contributed by atoms with Crippen LogP contribution in [-0.4, -0.2) is 26.1 Å². The van der Waals surface area contributed by atoms with Gasteiger partial charge in [0.1, 0.15) is 5.75 Å². The number of carbonyl (C=O) groups excluding carboxylic acids is 1. The van der Waals surface area contributed by atoms with E-state index in [-0.39, 0.29) is 5.91 Å². The highest BCUT2D eigenvalue weighted by atomic mass is 16.5. The smallest absolute Gasteiger partial charge is 0.237 e. The monoisotopic (exact) mass is 222 g/mol. The average Bonchev–Trinajstić information content (AvgIpc) is 2.28. The van der Waals surface area contributed by atoms with Crippen LogP contribution in [0.1, 0.15) is 11.1 Å². The first-order valence-corrected chi connectivity index (χ1v) is 5.19. The topological polar surface area (TPSA) is 64.4 Å². The third-order valence-electron chi connectivity index (χ3n) is 2.46. The Kier molecular flexibility index (Phi) is 4.31. The first-order valence-electron chi connectivity index (χ1n) is 5.19. The maximum Gasteiger partial charge on any atom is 0.237 e. The fourth-order valence-electron chi connectivity index (χ4n) is 1.58. The zero-order valence-corrected chi connectivity index (χ0v) is 9.91. The van der Waals surface area contributed by atoms with Gasteiger partial charge in [-0.3, -0.25) is 4.79 Å². The highest BCUT2D eigenvalue weighted by Gasteiger charge is 2.14. The van der Waals surface area contributed by atoms with Crippen LogP contribution in [0.5, 0.6) is 5.75 Å². The second-order valence-electron chi connectivity index (χ2n) is 3.74. The van der Waals surface area contributed by atoms with Crippen molar-refractivity contribution in [2.75, 3.05) is 14.2 Å². The Labute approximate surface area is 95.8 Å². The van der Waals surface area contributed by atoms with Crippen LogP contribution in [0.2, 0.25) is 0 Å². The third-order valence-corrected chi connectivity index (χ3v) is 2.46. The first kappa shape index (κ1) is 12.5. The molecule has 88 valence electrons. The number of nitrogens with one attached hydrogen (secondary N) is 1. The number of benzene rings is 1. The van der Waals surface area contributed by atoms with E-state index in [9.17, 15) is 4.79 Å². The zero-order chi connectivity index (χ0) is 12.1. The minimum atomic E-state index is -0.541. The Morgan fingerprint density at radius 3 is 2.81 bits per heavy atom.